The lowest BCUT2D eigenvalue weighted by Gasteiger charge is -2.05. The summed E-state index contributed by atoms with van der Waals surface area (Å²) in [5.41, 5.74) is 8.56. The van der Waals surface area contributed by atoms with Crippen molar-refractivity contribution in [2.75, 3.05) is 17.4 Å². The highest BCUT2D eigenvalue weighted by Gasteiger charge is 2.11. The second-order valence-electron chi connectivity index (χ2n) is 2.67. The first-order valence-corrected chi connectivity index (χ1v) is 5.40. The van der Waals surface area contributed by atoms with Crippen LogP contribution in [-0.4, -0.2) is 14.7 Å². The second-order valence-corrected chi connectivity index (χ2v) is 4.65. The number of nitrogens with one attached hydrogen (secondary N) is 1. The highest BCUT2D eigenvalue weighted by Crippen LogP contribution is 2.21. The van der Waals surface area contributed by atoms with Crippen molar-refractivity contribution in [1.29, 1.82) is 0 Å². The highest BCUT2D eigenvalue weighted by molar-refractivity contribution is 7.90. The maximum absolute atomic E-state index is 11.2. The number of nitrogen functional groups attached to an aromatic ring is 2. The summed E-state index contributed by atoms with van der Waals surface area (Å²) in [4.78, 5) is 0.0861. The molecule has 0 unspecified atom stereocenters. The Hall–Kier alpha value is -1.27. The van der Waals surface area contributed by atoms with Crippen molar-refractivity contribution in [3.05, 3.63) is 18.2 Å². The lowest BCUT2D eigenvalue weighted by molar-refractivity contribution is 0.602. The van der Waals surface area contributed by atoms with Crippen molar-refractivity contribution in [3.8, 4) is 0 Å². The second kappa shape index (κ2) is 3.23. The topological polar surface area (TPSA) is 98.2 Å². The number of hydrazine groups is 1. The summed E-state index contributed by atoms with van der Waals surface area (Å²) < 4.78 is 22.3. The SMILES string of the molecule is CS(=O)(=O)c1cc(NN)ccc1N. The smallest absolute Gasteiger partial charge is 0.177 e. The molecule has 5 nitrogen and oxygen atoms in total. The number of nitrogens with two attached hydrogens (primary N) is 2. The summed E-state index contributed by atoms with van der Waals surface area (Å²) in [6, 6.07) is 4.49. The fourth-order valence-corrected chi connectivity index (χ4v) is 1.78. The van der Waals surface area contributed by atoms with Gasteiger partial charge in [0.25, 0.3) is 0 Å². The van der Waals surface area contributed by atoms with Crippen molar-refractivity contribution in [3.63, 3.8) is 0 Å². The number of benzene rings is 1. The average Bonchev–Trinajstić information content (AvgIpc) is 2.03. The molecule has 1 aromatic rings. The van der Waals surface area contributed by atoms with E-state index in [9.17, 15) is 8.42 Å². The Kier molecular flexibility index (Phi) is 2.44. The van der Waals surface area contributed by atoms with E-state index in [2.05, 4.69) is 5.43 Å². The molecule has 0 radical (unpaired) electrons. The van der Waals surface area contributed by atoms with Crippen LogP contribution in [0.2, 0.25) is 0 Å². The predicted octanol–water partition coefficient (Wildman–Crippen LogP) is -0.0421. The molecule has 0 amide bonds. The molecule has 0 heterocycles. The molecule has 0 aliphatic carbocycles. The van der Waals surface area contributed by atoms with Gasteiger partial charge in [-0.25, -0.2) is 8.42 Å². The summed E-state index contributed by atoms with van der Waals surface area (Å²) in [6.45, 7) is 0. The molecule has 0 saturated heterocycles. The fraction of sp³-hybridized carbons (Fsp3) is 0.143. The molecule has 0 aliphatic rings. The van der Waals surface area contributed by atoms with Crippen molar-refractivity contribution >= 4 is 21.2 Å². The van der Waals surface area contributed by atoms with Gasteiger partial charge in [-0.1, -0.05) is 0 Å². The number of rotatable bonds is 2. The first-order valence-electron chi connectivity index (χ1n) is 3.51. The molecule has 1 rings (SSSR count). The van der Waals surface area contributed by atoms with Gasteiger partial charge in [0, 0.05) is 11.9 Å². The van der Waals surface area contributed by atoms with Crippen LogP contribution in [0.15, 0.2) is 23.1 Å². The molecular weight excluding hydrogens is 190 g/mol. The number of hydrogen-bond donors (Lipinski definition) is 3. The summed E-state index contributed by atoms with van der Waals surface area (Å²) in [5.74, 6) is 5.13. The third-order valence-electron chi connectivity index (χ3n) is 1.58. The number of anilines is 2. The molecule has 72 valence electrons. The molecule has 5 N–H and O–H groups in total. The molecule has 0 spiro atoms. The maximum Gasteiger partial charge on any atom is 0.177 e. The minimum absolute atomic E-state index is 0.0861. The summed E-state index contributed by atoms with van der Waals surface area (Å²) in [7, 11) is -3.29. The van der Waals surface area contributed by atoms with Gasteiger partial charge in [0.1, 0.15) is 0 Å². The minimum Gasteiger partial charge on any atom is -0.398 e. The standard InChI is InChI=1S/C7H11N3O2S/c1-13(11,12)7-4-5(10-9)2-3-6(7)8/h2-4,10H,8-9H2,1H3. The van der Waals surface area contributed by atoms with Gasteiger partial charge < -0.3 is 11.2 Å². The lowest BCUT2D eigenvalue weighted by Crippen LogP contribution is -2.09. The van der Waals surface area contributed by atoms with E-state index in [0.717, 1.165) is 6.26 Å². The molecular formula is C7H11N3O2S. The van der Waals surface area contributed by atoms with Gasteiger partial charge >= 0.3 is 0 Å². The Balaban J connectivity index is 3.36. The van der Waals surface area contributed by atoms with E-state index in [1.807, 2.05) is 0 Å². The molecule has 0 bridgehead atoms. The van der Waals surface area contributed by atoms with E-state index in [1.54, 1.807) is 6.07 Å². The van der Waals surface area contributed by atoms with Crippen LogP contribution >= 0.6 is 0 Å². The average molecular weight is 201 g/mol. The van der Waals surface area contributed by atoms with Crippen LogP contribution in [-0.2, 0) is 9.84 Å². The Bertz CT molecular complexity index is 414. The zero-order valence-corrected chi connectivity index (χ0v) is 7.93. The van der Waals surface area contributed by atoms with Gasteiger partial charge in [0.05, 0.1) is 10.6 Å². The molecule has 0 saturated carbocycles. The zero-order chi connectivity index (χ0) is 10.1. The monoisotopic (exact) mass is 201 g/mol. The number of hydrogen-bond acceptors (Lipinski definition) is 5. The summed E-state index contributed by atoms with van der Waals surface area (Å²) in [5, 5.41) is 0. The van der Waals surface area contributed by atoms with Crippen LogP contribution in [0.1, 0.15) is 0 Å². The van der Waals surface area contributed by atoms with Gasteiger partial charge in [0.2, 0.25) is 0 Å². The largest absolute Gasteiger partial charge is 0.398 e. The molecule has 13 heavy (non-hydrogen) atoms. The highest BCUT2D eigenvalue weighted by atomic mass is 32.2. The van der Waals surface area contributed by atoms with Crippen molar-refractivity contribution in [2.45, 2.75) is 4.90 Å². The van der Waals surface area contributed by atoms with Crippen molar-refractivity contribution in [1.82, 2.24) is 0 Å². The first-order chi connectivity index (χ1) is 5.95. The predicted molar refractivity (Wildman–Crippen MR) is 51.8 cm³/mol. The Morgan fingerprint density at radius 1 is 1.38 bits per heavy atom. The van der Waals surface area contributed by atoms with Crippen LogP contribution in [0.5, 0.6) is 0 Å². The molecule has 0 aliphatic heterocycles. The maximum atomic E-state index is 11.2. The quantitative estimate of drug-likeness (QED) is 0.354. The van der Waals surface area contributed by atoms with Crippen LogP contribution in [0.25, 0.3) is 0 Å². The Morgan fingerprint density at radius 3 is 2.46 bits per heavy atom. The first kappa shape index (κ1) is 9.82. The number of sulfone groups is 1. The van der Waals surface area contributed by atoms with Gasteiger partial charge in [0.15, 0.2) is 9.84 Å². The molecule has 0 aromatic heterocycles. The van der Waals surface area contributed by atoms with Gasteiger partial charge in [-0.15, -0.1) is 0 Å². The summed E-state index contributed by atoms with van der Waals surface area (Å²) in [6.07, 6.45) is 1.10. The van der Waals surface area contributed by atoms with E-state index in [0.29, 0.717) is 5.69 Å². The third kappa shape index (κ3) is 2.10. The molecule has 6 heteroatoms. The normalized spacial score (nSPS) is 11.2. The van der Waals surface area contributed by atoms with E-state index < -0.39 is 9.84 Å². The van der Waals surface area contributed by atoms with Crippen LogP contribution < -0.4 is 17.0 Å². The molecule has 0 atom stereocenters. The van der Waals surface area contributed by atoms with E-state index in [1.165, 1.54) is 12.1 Å². The van der Waals surface area contributed by atoms with Crippen molar-refractivity contribution < 1.29 is 8.42 Å². The lowest BCUT2D eigenvalue weighted by atomic mass is 10.3. The Morgan fingerprint density at radius 2 is 2.00 bits per heavy atom. The van der Waals surface area contributed by atoms with Gasteiger partial charge in [-0.05, 0) is 18.2 Å². The van der Waals surface area contributed by atoms with E-state index in [-0.39, 0.29) is 10.6 Å². The van der Waals surface area contributed by atoms with Gasteiger partial charge in [-0.3, -0.25) is 5.84 Å². The zero-order valence-electron chi connectivity index (χ0n) is 7.11. The molecule has 1 aromatic carbocycles. The third-order valence-corrected chi connectivity index (χ3v) is 2.73. The molecule has 0 fully saturated rings. The van der Waals surface area contributed by atoms with Crippen LogP contribution in [0.3, 0.4) is 0 Å². The fourth-order valence-electron chi connectivity index (χ4n) is 0.945. The van der Waals surface area contributed by atoms with E-state index in [4.69, 9.17) is 11.6 Å². The van der Waals surface area contributed by atoms with Crippen LogP contribution in [0.4, 0.5) is 11.4 Å². The van der Waals surface area contributed by atoms with Gasteiger partial charge in [-0.2, -0.15) is 0 Å². The van der Waals surface area contributed by atoms with E-state index >= 15 is 0 Å². The Labute approximate surface area is 76.6 Å². The van der Waals surface area contributed by atoms with Crippen molar-refractivity contribution in [2.24, 2.45) is 5.84 Å². The van der Waals surface area contributed by atoms with Crippen LogP contribution in [0, 0.1) is 0 Å². The minimum atomic E-state index is -3.29. The summed E-state index contributed by atoms with van der Waals surface area (Å²) >= 11 is 0.